The van der Waals surface area contributed by atoms with Crippen LogP contribution in [0.5, 0.6) is 0 Å². The number of rotatable bonds is 9. The van der Waals surface area contributed by atoms with Crippen LogP contribution in [-0.4, -0.2) is 50.8 Å². The first-order valence-electron chi connectivity index (χ1n) is 10.7. The molecule has 0 radical (unpaired) electrons. The molecule has 2 aliphatic rings. The molecule has 30 heavy (non-hydrogen) atoms. The molecule has 0 bridgehead atoms. The number of nitrogens with one attached hydrogen (secondary N) is 1. The van der Waals surface area contributed by atoms with E-state index in [1.54, 1.807) is 29.0 Å². The van der Waals surface area contributed by atoms with Gasteiger partial charge >= 0.3 is 0 Å². The van der Waals surface area contributed by atoms with Gasteiger partial charge in [-0.2, -0.15) is 0 Å². The minimum absolute atomic E-state index is 0.000750. The zero-order valence-corrected chi connectivity index (χ0v) is 18.2. The highest BCUT2D eigenvalue weighted by atomic mass is 32.2. The molecule has 0 spiro atoms. The zero-order chi connectivity index (χ0) is 20.9. The second kappa shape index (κ2) is 9.68. The van der Waals surface area contributed by atoms with Crippen molar-refractivity contribution in [3.63, 3.8) is 0 Å². The van der Waals surface area contributed by atoms with E-state index in [0.717, 1.165) is 29.6 Å². The van der Waals surface area contributed by atoms with Gasteiger partial charge in [-0.1, -0.05) is 24.6 Å². The van der Waals surface area contributed by atoms with E-state index in [1.165, 1.54) is 25.7 Å². The second-order valence-corrected chi connectivity index (χ2v) is 8.83. The molecule has 9 heteroatoms. The fraction of sp³-hybridized carbons (Fsp3) is 0.619. The van der Waals surface area contributed by atoms with Crippen molar-refractivity contribution in [2.75, 3.05) is 19.3 Å². The Hall–Kier alpha value is -2.29. The number of hydrogen-bond donors (Lipinski definition) is 1. The molecule has 1 N–H and O–H groups in total. The Morgan fingerprint density at radius 2 is 2.17 bits per heavy atom. The lowest BCUT2D eigenvalue weighted by atomic mass is 10.1. The molecule has 1 unspecified atom stereocenters. The molecule has 162 valence electrons. The zero-order valence-electron chi connectivity index (χ0n) is 17.4. The number of likely N-dealkylation sites (tertiary alicyclic amines) is 1. The molecule has 8 nitrogen and oxygen atoms in total. The van der Waals surface area contributed by atoms with Gasteiger partial charge in [0, 0.05) is 32.0 Å². The van der Waals surface area contributed by atoms with Crippen molar-refractivity contribution in [1.82, 2.24) is 25.0 Å². The fourth-order valence-corrected chi connectivity index (χ4v) is 5.01. The van der Waals surface area contributed by atoms with Crippen molar-refractivity contribution in [3.8, 4) is 0 Å². The van der Waals surface area contributed by atoms with Crippen LogP contribution in [0.4, 0.5) is 0 Å². The van der Waals surface area contributed by atoms with Crippen molar-refractivity contribution >= 4 is 23.6 Å². The van der Waals surface area contributed by atoms with E-state index in [4.69, 9.17) is 4.42 Å². The largest absolute Gasteiger partial charge is 0.467 e. The van der Waals surface area contributed by atoms with Crippen molar-refractivity contribution in [2.45, 2.75) is 62.7 Å². The Bertz CT molecular complexity index is 860. The van der Waals surface area contributed by atoms with Crippen molar-refractivity contribution in [2.24, 2.45) is 5.92 Å². The number of thioether (sulfide) groups is 1. The van der Waals surface area contributed by atoms with E-state index in [2.05, 4.69) is 20.1 Å². The summed E-state index contributed by atoms with van der Waals surface area (Å²) >= 11 is 1.64. The standard InChI is InChI=1S/C21H29N5O3S/c1-30-21-24-23-18(26(21)16-6-2-3-7-16)9-4-10-22-20(28)15-12-19(27)25(13-15)14-17-8-5-11-29-17/h5,8,11,15-16H,2-4,6-7,9-10,12-14H2,1H3,(H,22,28). The number of amides is 2. The number of aryl methyl sites for hydroxylation is 1. The van der Waals surface area contributed by atoms with E-state index in [9.17, 15) is 9.59 Å². The quantitative estimate of drug-likeness (QED) is 0.485. The molecular weight excluding hydrogens is 402 g/mol. The molecule has 1 saturated heterocycles. The monoisotopic (exact) mass is 431 g/mol. The second-order valence-electron chi connectivity index (χ2n) is 8.06. The Morgan fingerprint density at radius 1 is 1.33 bits per heavy atom. The van der Waals surface area contributed by atoms with Crippen LogP contribution < -0.4 is 5.32 Å². The summed E-state index contributed by atoms with van der Waals surface area (Å²) in [5.74, 6) is 1.41. The Labute approximate surface area is 180 Å². The van der Waals surface area contributed by atoms with Crippen LogP contribution in [0.25, 0.3) is 0 Å². The van der Waals surface area contributed by atoms with Crippen LogP contribution in [0.2, 0.25) is 0 Å². The average molecular weight is 432 g/mol. The molecule has 2 aromatic heterocycles. The third-order valence-corrected chi connectivity index (χ3v) is 6.64. The number of aromatic nitrogens is 3. The first-order valence-corrected chi connectivity index (χ1v) is 11.9. The van der Waals surface area contributed by atoms with Crippen LogP contribution in [0.15, 0.2) is 28.0 Å². The molecule has 4 rings (SSSR count). The lowest BCUT2D eigenvalue weighted by Gasteiger charge is -2.16. The predicted octanol–water partition coefficient (Wildman–Crippen LogP) is 2.81. The molecule has 1 aliphatic heterocycles. The summed E-state index contributed by atoms with van der Waals surface area (Å²) in [5.41, 5.74) is 0. The maximum absolute atomic E-state index is 12.5. The molecule has 1 aliphatic carbocycles. The van der Waals surface area contributed by atoms with Gasteiger partial charge < -0.3 is 19.2 Å². The highest BCUT2D eigenvalue weighted by molar-refractivity contribution is 7.98. The summed E-state index contributed by atoms with van der Waals surface area (Å²) in [4.78, 5) is 26.4. The van der Waals surface area contributed by atoms with Gasteiger partial charge in [-0.3, -0.25) is 9.59 Å². The van der Waals surface area contributed by atoms with E-state index in [0.29, 0.717) is 25.7 Å². The third-order valence-electron chi connectivity index (χ3n) is 6.00. The summed E-state index contributed by atoms with van der Waals surface area (Å²) in [5, 5.41) is 12.7. The summed E-state index contributed by atoms with van der Waals surface area (Å²) in [6.07, 6.45) is 10.4. The van der Waals surface area contributed by atoms with Gasteiger partial charge in [0.2, 0.25) is 11.8 Å². The van der Waals surface area contributed by atoms with Gasteiger partial charge in [0.15, 0.2) is 5.16 Å². The maximum Gasteiger partial charge on any atom is 0.225 e. The predicted molar refractivity (Wildman–Crippen MR) is 113 cm³/mol. The Balaban J connectivity index is 1.24. The molecule has 3 heterocycles. The minimum atomic E-state index is -0.294. The molecule has 2 aromatic rings. The van der Waals surface area contributed by atoms with Gasteiger partial charge in [0.1, 0.15) is 11.6 Å². The van der Waals surface area contributed by atoms with E-state index in [-0.39, 0.29) is 24.2 Å². The minimum Gasteiger partial charge on any atom is -0.467 e. The van der Waals surface area contributed by atoms with Gasteiger partial charge in [0.25, 0.3) is 0 Å². The van der Waals surface area contributed by atoms with Crippen molar-refractivity contribution < 1.29 is 14.0 Å². The smallest absolute Gasteiger partial charge is 0.225 e. The highest BCUT2D eigenvalue weighted by Crippen LogP contribution is 2.33. The summed E-state index contributed by atoms with van der Waals surface area (Å²) in [6.45, 7) is 1.44. The normalized spacial score (nSPS) is 19.7. The Kier molecular flexibility index (Phi) is 6.76. The molecule has 1 atom stereocenters. The maximum atomic E-state index is 12.5. The van der Waals surface area contributed by atoms with Crippen LogP contribution in [0.3, 0.4) is 0 Å². The lowest BCUT2D eigenvalue weighted by molar-refractivity contribution is -0.129. The molecule has 0 aromatic carbocycles. The molecule has 2 fully saturated rings. The number of hydrogen-bond acceptors (Lipinski definition) is 6. The van der Waals surface area contributed by atoms with E-state index >= 15 is 0 Å². The molecule has 1 saturated carbocycles. The number of carbonyl (C=O) groups excluding carboxylic acids is 2. The number of furan rings is 1. The van der Waals surface area contributed by atoms with Gasteiger partial charge in [0.05, 0.1) is 18.7 Å². The van der Waals surface area contributed by atoms with Gasteiger partial charge in [-0.15, -0.1) is 10.2 Å². The fourth-order valence-electron chi connectivity index (χ4n) is 4.44. The highest BCUT2D eigenvalue weighted by Gasteiger charge is 2.34. The van der Waals surface area contributed by atoms with Crippen LogP contribution >= 0.6 is 11.8 Å². The summed E-state index contributed by atoms with van der Waals surface area (Å²) < 4.78 is 7.62. The van der Waals surface area contributed by atoms with Crippen molar-refractivity contribution in [1.29, 1.82) is 0 Å². The third kappa shape index (κ3) is 4.71. The first kappa shape index (κ1) is 21.0. The van der Waals surface area contributed by atoms with Gasteiger partial charge in [-0.05, 0) is 37.7 Å². The molecule has 2 amide bonds. The summed E-state index contributed by atoms with van der Waals surface area (Å²) in [6, 6.07) is 4.15. The Morgan fingerprint density at radius 3 is 2.90 bits per heavy atom. The number of carbonyl (C=O) groups is 2. The van der Waals surface area contributed by atoms with E-state index < -0.39 is 0 Å². The molecular formula is C21H29N5O3S. The van der Waals surface area contributed by atoms with E-state index in [1.807, 2.05) is 12.3 Å². The van der Waals surface area contributed by atoms with Crippen LogP contribution in [0.1, 0.15) is 56.2 Å². The first-order chi connectivity index (χ1) is 14.7. The summed E-state index contributed by atoms with van der Waals surface area (Å²) in [7, 11) is 0. The van der Waals surface area contributed by atoms with Crippen molar-refractivity contribution in [3.05, 3.63) is 30.0 Å². The average Bonchev–Trinajstić information content (AvgIpc) is 3.53. The number of nitrogens with zero attached hydrogens (tertiary/aromatic N) is 4. The lowest BCUT2D eigenvalue weighted by Crippen LogP contribution is -2.33. The van der Waals surface area contributed by atoms with Gasteiger partial charge in [-0.25, -0.2) is 0 Å². The van der Waals surface area contributed by atoms with Crippen LogP contribution in [-0.2, 0) is 22.6 Å². The topological polar surface area (TPSA) is 93.3 Å². The SMILES string of the molecule is CSc1nnc(CCCNC(=O)C2CC(=O)N(Cc3ccco3)C2)n1C1CCCC1. The van der Waals surface area contributed by atoms with Crippen LogP contribution in [0, 0.1) is 5.92 Å².